The Labute approximate surface area is 193 Å². The van der Waals surface area contributed by atoms with Gasteiger partial charge in [0.15, 0.2) is 0 Å². The second-order valence-corrected chi connectivity index (χ2v) is 9.27. The molecular formula is C21H27F3N4O4S. The van der Waals surface area contributed by atoms with Gasteiger partial charge in [0.25, 0.3) is 0 Å². The molecule has 8 nitrogen and oxygen atoms in total. The topological polar surface area (TPSA) is 97.7 Å². The number of alkyl halides is 3. The number of thiazole rings is 1. The summed E-state index contributed by atoms with van der Waals surface area (Å²) >= 11 is 1.75. The van der Waals surface area contributed by atoms with E-state index in [1.165, 1.54) is 4.88 Å². The molecule has 4 rings (SSSR count). The summed E-state index contributed by atoms with van der Waals surface area (Å²) in [6, 6.07) is 0. The fraction of sp³-hybridized carbons (Fsp3) is 0.619. The maximum atomic E-state index is 10.6. The third-order valence-corrected chi connectivity index (χ3v) is 6.50. The van der Waals surface area contributed by atoms with Crippen molar-refractivity contribution in [3.8, 4) is 5.88 Å². The standard InChI is InChI=1S/C19H26N4O2S.C2HF3O2/c1-14-8-20-9-18(22-14)24-5-3-16-4-6-25-19(7-16)11-23(12-19)10-17-15(2)21-13-26-17;3-2(4,5)1(6)7/h8-9,13,16H,3-7,10-12H2,1-2H3;(H,6,7). The van der Waals surface area contributed by atoms with E-state index in [4.69, 9.17) is 19.4 Å². The first-order valence-electron chi connectivity index (χ1n) is 10.5. The zero-order chi connectivity index (χ0) is 24.1. The molecule has 1 N–H and O–H groups in total. The highest BCUT2D eigenvalue weighted by Gasteiger charge is 2.47. The third kappa shape index (κ3) is 7.34. The Morgan fingerprint density at radius 3 is 2.70 bits per heavy atom. The summed E-state index contributed by atoms with van der Waals surface area (Å²) in [4.78, 5) is 25.6. The number of likely N-dealkylation sites (tertiary alicyclic amines) is 1. The van der Waals surface area contributed by atoms with Crippen LogP contribution in [0.15, 0.2) is 17.9 Å². The molecule has 0 aromatic carbocycles. The first-order valence-corrected chi connectivity index (χ1v) is 11.4. The quantitative estimate of drug-likeness (QED) is 0.658. The molecule has 1 spiro atoms. The molecule has 1 unspecified atom stereocenters. The lowest BCUT2D eigenvalue weighted by Crippen LogP contribution is -2.64. The van der Waals surface area contributed by atoms with E-state index in [0.29, 0.717) is 18.4 Å². The number of carboxylic acids is 1. The van der Waals surface area contributed by atoms with Crippen molar-refractivity contribution < 1.29 is 32.5 Å². The van der Waals surface area contributed by atoms with E-state index in [1.807, 2.05) is 12.4 Å². The predicted molar refractivity (Wildman–Crippen MR) is 114 cm³/mol. The molecule has 33 heavy (non-hydrogen) atoms. The maximum Gasteiger partial charge on any atom is 0.490 e. The minimum atomic E-state index is -5.08. The van der Waals surface area contributed by atoms with Gasteiger partial charge in [-0.05, 0) is 39.0 Å². The first-order chi connectivity index (χ1) is 15.6. The zero-order valence-electron chi connectivity index (χ0n) is 18.5. The van der Waals surface area contributed by atoms with Crippen molar-refractivity contribution >= 4 is 17.3 Å². The molecular weight excluding hydrogens is 461 g/mol. The molecule has 12 heteroatoms. The Kier molecular flexibility index (Phi) is 8.24. The van der Waals surface area contributed by atoms with Crippen LogP contribution in [0, 0.1) is 19.8 Å². The van der Waals surface area contributed by atoms with E-state index in [-0.39, 0.29) is 5.60 Å². The fourth-order valence-corrected chi connectivity index (χ4v) is 4.82. The number of aliphatic carboxylic acids is 1. The van der Waals surface area contributed by atoms with Crippen LogP contribution in [0.25, 0.3) is 0 Å². The smallest absolute Gasteiger partial charge is 0.477 e. The molecule has 2 aromatic rings. The average Bonchev–Trinajstić information content (AvgIpc) is 3.11. The van der Waals surface area contributed by atoms with Crippen molar-refractivity contribution in [1.29, 1.82) is 0 Å². The first kappa shape index (κ1) is 25.3. The fourth-order valence-electron chi connectivity index (χ4n) is 4.00. The van der Waals surface area contributed by atoms with E-state index in [1.54, 1.807) is 23.7 Å². The minimum absolute atomic E-state index is 0.0602. The van der Waals surface area contributed by atoms with Gasteiger partial charge < -0.3 is 14.6 Å². The summed E-state index contributed by atoms with van der Waals surface area (Å²) in [5.74, 6) is -1.47. The average molecular weight is 489 g/mol. The van der Waals surface area contributed by atoms with Crippen LogP contribution >= 0.6 is 11.3 Å². The van der Waals surface area contributed by atoms with Gasteiger partial charge in [0.2, 0.25) is 5.88 Å². The monoisotopic (exact) mass is 488 g/mol. The number of hydrogen-bond acceptors (Lipinski definition) is 8. The van der Waals surface area contributed by atoms with E-state index in [9.17, 15) is 13.2 Å². The molecule has 0 radical (unpaired) electrons. The van der Waals surface area contributed by atoms with Gasteiger partial charge in [0, 0.05) is 37.3 Å². The van der Waals surface area contributed by atoms with Gasteiger partial charge in [0.1, 0.15) is 0 Å². The summed E-state index contributed by atoms with van der Waals surface area (Å²) in [5, 5.41) is 7.12. The molecule has 0 bridgehead atoms. The van der Waals surface area contributed by atoms with Crippen molar-refractivity contribution in [2.45, 2.75) is 51.4 Å². The van der Waals surface area contributed by atoms with E-state index in [2.05, 4.69) is 26.8 Å². The SMILES string of the molecule is Cc1cncc(OCCC2CCOC3(C2)CN(Cc2scnc2C)C3)n1.O=C(O)C(F)(F)F. The highest BCUT2D eigenvalue weighted by atomic mass is 32.1. The van der Waals surface area contributed by atoms with Crippen LogP contribution < -0.4 is 4.74 Å². The van der Waals surface area contributed by atoms with Crippen LogP contribution in [0.3, 0.4) is 0 Å². The number of ether oxygens (including phenoxy) is 2. The van der Waals surface area contributed by atoms with Gasteiger partial charge in [-0.15, -0.1) is 11.3 Å². The Balaban J connectivity index is 0.000000383. The van der Waals surface area contributed by atoms with Gasteiger partial charge >= 0.3 is 12.1 Å². The van der Waals surface area contributed by atoms with Crippen molar-refractivity contribution in [3.63, 3.8) is 0 Å². The van der Waals surface area contributed by atoms with Gasteiger partial charge in [-0.3, -0.25) is 9.88 Å². The molecule has 182 valence electrons. The molecule has 2 fully saturated rings. The Morgan fingerprint density at radius 1 is 1.36 bits per heavy atom. The van der Waals surface area contributed by atoms with Crippen LogP contribution in [-0.2, 0) is 16.1 Å². The third-order valence-electron chi connectivity index (χ3n) is 5.58. The Morgan fingerprint density at radius 2 is 2.09 bits per heavy atom. The number of hydrogen-bond donors (Lipinski definition) is 1. The van der Waals surface area contributed by atoms with Crippen molar-refractivity contribution in [2.24, 2.45) is 5.92 Å². The highest BCUT2D eigenvalue weighted by molar-refractivity contribution is 7.09. The minimum Gasteiger partial charge on any atom is -0.477 e. The van der Waals surface area contributed by atoms with Crippen molar-refractivity contribution in [3.05, 3.63) is 34.2 Å². The summed E-state index contributed by atoms with van der Waals surface area (Å²) in [6.07, 6.45) is 1.65. The van der Waals surface area contributed by atoms with E-state index < -0.39 is 12.1 Å². The number of carboxylic acid groups (broad SMARTS) is 1. The highest BCUT2D eigenvalue weighted by Crippen LogP contribution is 2.39. The molecule has 4 heterocycles. The molecule has 0 amide bonds. The van der Waals surface area contributed by atoms with Gasteiger partial charge in [-0.1, -0.05) is 0 Å². The zero-order valence-corrected chi connectivity index (χ0v) is 19.3. The van der Waals surface area contributed by atoms with Crippen LogP contribution in [0.4, 0.5) is 13.2 Å². The van der Waals surface area contributed by atoms with Crippen LogP contribution in [0.2, 0.25) is 0 Å². The summed E-state index contributed by atoms with van der Waals surface area (Å²) in [7, 11) is 0. The van der Waals surface area contributed by atoms with Gasteiger partial charge in [0.05, 0.1) is 35.3 Å². The molecule has 2 aromatic heterocycles. The summed E-state index contributed by atoms with van der Waals surface area (Å²) < 4.78 is 43.7. The van der Waals surface area contributed by atoms with Gasteiger partial charge in [-0.2, -0.15) is 13.2 Å². The second kappa shape index (κ2) is 10.7. The van der Waals surface area contributed by atoms with Crippen LogP contribution in [0.5, 0.6) is 5.88 Å². The van der Waals surface area contributed by atoms with Gasteiger partial charge in [-0.25, -0.2) is 14.8 Å². The van der Waals surface area contributed by atoms with E-state index in [0.717, 1.165) is 56.9 Å². The van der Waals surface area contributed by atoms with Crippen molar-refractivity contribution in [1.82, 2.24) is 19.9 Å². The lowest BCUT2D eigenvalue weighted by Gasteiger charge is -2.53. The predicted octanol–water partition coefficient (Wildman–Crippen LogP) is 3.63. The summed E-state index contributed by atoms with van der Waals surface area (Å²) in [5.41, 5.74) is 4.05. The largest absolute Gasteiger partial charge is 0.490 e. The molecule has 2 aliphatic heterocycles. The molecule has 2 aliphatic rings. The number of halogens is 3. The number of aromatic nitrogens is 3. The maximum absolute atomic E-state index is 10.6. The normalized spacial score (nSPS) is 20.0. The molecule has 0 aliphatic carbocycles. The number of rotatable bonds is 6. The summed E-state index contributed by atoms with van der Waals surface area (Å²) in [6.45, 7) is 8.65. The van der Waals surface area contributed by atoms with Crippen molar-refractivity contribution in [2.75, 3.05) is 26.3 Å². The molecule has 2 saturated heterocycles. The van der Waals surface area contributed by atoms with E-state index >= 15 is 0 Å². The molecule has 0 saturated carbocycles. The Bertz CT molecular complexity index is 934. The lowest BCUT2D eigenvalue weighted by atomic mass is 9.79. The lowest BCUT2D eigenvalue weighted by molar-refractivity contribution is -0.192. The van der Waals surface area contributed by atoms with Crippen LogP contribution in [0.1, 0.15) is 35.5 Å². The van der Waals surface area contributed by atoms with Crippen LogP contribution in [-0.4, -0.2) is 69.0 Å². The number of nitrogens with zero attached hydrogens (tertiary/aromatic N) is 4. The molecule has 1 atom stereocenters. The Hall–Kier alpha value is -2.31. The number of aryl methyl sites for hydroxylation is 2. The number of carbonyl (C=O) groups is 1. The second-order valence-electron chi connectivity index (χ2n) is 8.34.